The van der Waals surface area contributed by atoms with Crippen LogP contribution in [-0.4, -0.2) is 26.5 Å². The van der Waals surface area contributed by atoms with Gasteiger partial charge >= 0.3 is 6.09 Å². The first-order chi connectivity index (χ1) is 15.5. The van der Waals surface area contributed by atoms with E-state index in [4.69, 9.17) is 4.74 Å². The maximum Gasteiger partial charge on any atom is 0.407 e. The molecule has 2 aromatic heterocycles. The molecule has 172 valence electrons. The van der Waals surface area contributed by atoms with Gasteiger partial charge in [-0.2, -0.15) is 9.65 Å². The van der Waals surface area contributed by atoms with Crippen molar-refractivity contribution in [2.24, 2.45) is 5.41 Å². The van der Waals surface area contributed by atoms with E-state index in [1.54, 1.807) is 0 Å². The summed E-state index contributed by atoms with van der Waals surface area (Å²) in [6.07, 6.45) is -0.220. The lowest BCUT2D eigenvalue weighted by atomic mass is 9.87. The zero-order valence-electron chi connectivity index (χ0n) is 18.4. The molecule has 0 aliphatic carbocycles. The zero-order chi connectivity index (χ0) is 24.4. The Balaban J connectivity index is 2.28. The lowest BCUT2D eigenvalue weighted by Gasteiger charge is -2.29. The van der Waals surface area contributed by atoms with Crippen molar-refractivity contribution >= 4 is 27.3 Å². The Labute approximate surface area is 195 Å². The number of ether oxygens (including phenoxy) is 1. The summed E-state index contributed by atoms with van der Waals surface area (Å²) in [5.74, 6) is -0.830. The number of hydrogen-bond acceptors (Lipinski definition) is 7. The van der Waals surface area contributed by atoms with Gasteiger partial charge in [0.25, 0.3) is 0 Å². The molecule has 3 rings (SSSR count). The van der Waals surface area contributed by atoms with Gasteiger partial charge in [0, 0.05) is 34.7 Å². The number of halogens is 1. The number of rotatable bonds is 5. The van der Waals surface area contributed by atoms with Gasteiger partial charge in [-0.25, -0.2) is 18.2 Å². The first-order valence-electron chi connectivity index (χ1n) is 9.87. The highest BCUT2D eigenvalue weighted by Gasteiger charge is 2.35. The Morgan fingerprint density at radius 1 is 1.21 bits per heavy atom. The number of amides is 1. The first-order valence-corrected chi connectivity index (χ1v) is 12.2. The van der Waals surface area contributed by atoms with Crippen molar-refractivity contribution in [3.8, 4) is 17.2 Å². The number of thiophene rings is 1. The Kier molecular flexibility index (Phi) is 6.86. The summed E-state index contributed by atoms with van der Waals surface area (Å²) < 4.78 is 47.3. The van der Waals surface area contributed by atoms with E-state index in [-0.39, 0.29) is 25.8 Å². The van der Waals surface area contributed by atoms with Crippen molar-refractivity contribution in [1.82, 2.24) is 10.3 Å². The van der Waals surface area contributed by atoms with Crippen molar-refractivity contribution in [1.29, 1.82) is 5.26 Å². The minimum absolute atomic E-state index is 0.00242. The third kappa shape index (κ3) is 5.05. The SMILES string of the molecule is CNC(=O)OC(c1cc(-c2cccnc2F)c(S(=O)(=O)c2cccc(C#N)c2)s1)C(C)(C)C. The number of carbonyl (C=O) groups excluding carboxylic acids is 1. The second-order valence-corrected chi connectivity index (χ2v) is 11.5. The molecule has 0 aliphatic rings. The highest BCUT2D eigenvalue weighted by Crippen LogP contribution is 2.46. The molecule has 1 amide bonds. The average Bonchev–Trinajstić information content (AvgIpc) is 3.22. The van der Waals surface area contributed by atoms with Gasteiger partial charge in [-0.1, -0.05) is 26.8 Å². The molecule has 33 heavy (non-hydrogen) atoms. The quantitative estimate of drug-likeness (QED) is 0.502. The monoisotopic (exact) mass is 487 g/mol. The third-order valence-electron chi connectivity index (χ3n) is 4.76. The van der Waals surface area contributed by atoms with Crippen LogP contribution in [0, 0.1) is 22.7 Å². The van der Waals surface area contributed by atoms with E-state index in [1.807, 2.05) is 26.8 Å². The van der Waals surface area contributed by atoms with Gasteiger partial charge in [0.2, 0.25) is 15.8 Å². The van der Waals surface area contributed by atoms with Crippen LogP contribution in [0.3, 0.4) is 0 Å². The number of nitrogens with zero attached hydrogens (tertiary/aromatic N) is 2. The molecular formula is C23H22FN3O4S2. The number of pyridine rings is 1. The molecule has 1 atom stereocenters. The topological polar surface area (TPSA) is 109 Å². The molecule has 7 nitrogen and oxygen atoms in total. The highest BCUT2D eigenvalue weighted by molar-refractivity contribution is 7.93. The fourth-order valence-electron chi connectivity index (χ4n) is 3.16. The van der Waals surface area contributed by atoms with Crippen LogP contribution < -0.4 is 5.32 Å². The summed E-state index contributed by atoms with van der Waals surface area (Å²) in [6, 6.07) is 12.0. The Morgan fingerprint density at radius 2 is 1.94 bits per heavy atom. The van der Waals surface area contributed by atoms with Crippen molar-refractivity contribution < 1.29 is 22.3 Å². The summed E-state index contributed by atoms with van der Waals surface area (Å²) in [7, 11) is -2.72. The molecule has 0 saturated heterocycles. The van der Waals surface area contributed by atoms with Gasteiger partial charge in [-0.3, -0.25) is 0 Å². The van der Waals surface area contributed by atoms with Crippen LogP contribution in [0.5, 0.6) is 0 Å². The van der Waals surface area contributed by atoms with Crippen LogP contribution in [0.25, 0.3) is 11.1 Å². The highest BCUT2D eigenvalue weighted by atomic mass is 32.2. The molecule has 1 aromatic carbocycles. The molecule has 10 heteroatoms. The smallest absolute Gasteiger partial charge is 0.407 e. The predicted octanol–water partition coefficient (Wildman–Crippen LogP) is 5.10. The van der Waals surface area contributed by atoms with Gasteiger partial charge in [0.1, 0.15) is 10.3 Å². The number of aromatic nitrogens is 1. The first kappa shape index (κ1) is 24.4. The molecule has 0 bridgehead atoms. The Bertz CT molecular complexity index is 1340. The molecule has 1 unspecified atom stereocenters. The largest absolute Gasteiger partial charge is 0.440 e. The second kappa shape index (κ2) is 9.29. The van der Waals surface area contributed by atoms with Crippen LogP contribution in [-0.2, 0) is 14.6 Å². The van der Waals surface area contributed by atoms with Crippen LogP contribution in [0.2, 0.25) is 0 Å². The molecule has 3 aromatic rings. The van der Waals surface area contributed by atoms with Gasteiger partial charge in [0.15, 0.2) is 0 Å². The van der Waals surface area contributed by atoms with Gasteiger partial charge in [0.05, 0.1) is 16.5 Å². The summed E-state index contributed by atoms with van der Waals surface area (Å²) in [6.45, 7) is 5.53. The van der Waals surface area contributed by atoms with Crippen molar-refractivity contribution in [3.05, 3.63) is 65.0 Å². The molecule has 0 spiro atoms. The lowest BCUT2D eigenvalue weighted by Crippen LogP contribution is -2.28. The maximum absolute atomic E-state index is 14.6. The minimum Gasteiger partial charge on any atom is -0.440 e. The van der Waals surface area contributed by atoms with Crippen LogP contribution in [0.1, 0.15) is 37.3 Å². The second-order valence-electron chi connectivity index (χ2n) is 8.24. The molecule has 1 N–H and O–H groups in total. The third-order valence-corrected chi connectivity index (χ3v) is 8.22. The van der Waals surface area contributed by atoms with E-state index in [2.05, 4.69) is 10.3 Å². The zero-order valence-corrected chi connectivity index (χ0v) is 20.1. The van der Waals surface area contributed by atoms with E-state index in [9.17, 15) is 22.9 Å². The van der Waals surface area contributed by atoms with E-state index in [0.29, 0.717) is 4.88 Å². The fraction of sp³-hybridized carbons (Fsp3) is 0.261. The summed E-state index contributed by atoms with van der Waals surface area (Å²) in [4.78, 5) is 16.0. The van der Waals surface area contributed by atoms with E-state index in [1.165, 1.54) is 55.7 Å². The number of hydrogen-bond donors (Lipinski definition) is 1. The number of carbonyl (C=O) groups is 1. The van der Waals surface area contributed by atoms with Crippen molar-refractivity contribution in [2.75, 3.05) is 7.05 Å². The van der Waals surface area contributed by atoms with E-state index >= 15 is 0 Å². The number of benzene rings is 1. The Hall–Kier alpha value is -3.29. The van der Waals surface area contributed by atoms with Crippen LogP contribution in [0.4, 0.5) is 9.18 Å². The molecule has 0 aliphatic heterocycles. The Morgan fingerprint density at radius 3 is 2.55 bits per heavy atom. The van der Waals surface area contributed by atoms with Gasteiger partial charge < -0.3 is 10.1 Å². The number of sulfone groups is 1. The number of nitriles is 1. The number of alkyl carbamates (subject to hydrolysis) is 1. The molecular weight excluding hydrogens is 465 g/mol. The van der Waals surface area contributed by atoms with Crippen molar-refractivity contribution in [3.63, 3.8) is 0 Å². The van der Waals surface area contributed by atoms with E-state index in [0.717, 1.165) is 11.3 Å². The van der Waals surface area contributed by atoms with Gasteiger partial charge in [-0.05, 0) is 36.4 Å². The van der Waals surface area contributed by atoms with Gasteiger partial charge in [-0.15, -0.1) is 11.3 Å². The minimum atomic E-state index is -4.14. The van der Waals surface area contributed by atoms with Crippen LogP contribution in [0.15, 0.2) is 57.8 Å². The van der Waals surface area contributed by atoms with E-state index < -0.39 is 33.4 Å². The summed E-state index contributed by atoms with van der Waals surface area (Å²) in [5.41, 5.74) is -0.304. The lowest BCUT2D eigenvalue weighted by molar-refractivity contribution is 0.0338. The molecule has 0 fully saturated rings. The maximum atomic E-state index is 14.6. The summed E-state index contributed by atoms with van der Waals surface area (Å²) in [5, 5.41) is 11.6. The van der Waals surface area contributed by atoms with Crippen LogP contribution >= 0.6 is 11.3 Å². The number of nitrogens with one attached hydrogen (secondary N) is 1. The van der Waals surface area contributed by atoms with Crippen molar-refractivity contribution in [2.45, 2.75) is 36.0 Å². The molecule has 0 radical (unpaired) electrons. The predicted molar refractivity (Wildman–Crippen MR) is 122 cm³/mol. The molecule has 0 saturated carbocycles. The average molecular weight is 488 g/mol. The normalized spacial score (nSPS) is 12.6. The fourth-order valence-corrected chi connectivity index (χ4v) is 6.57. The summed E-state index contributed by atoms with van der Waals surface area (Å²) >= 11 is 0.895. The standard InChI is InChI=1S/C23H22FN3O4S2/c1-23(2,3)19(31-22(28)26-4)18-12-17(16-9-6-10-27-20(16)24)21(32-18)33(29,30)15-8-5-7-14(11-15)13-25/h5-12,19H,1-4H3,(H,26,28). The molecule has 2 heterocycles.